The number of nitrogens with zero attached hydrogens (tertiary/aromatic N) is 1. The van der Waals surface area contributed by atoms with Crippen LogP contribution in [0.25, 0.3) is 10.8 Å². The third-order valence-electron chi connectivity index (χ3n) is 6.40. The molecule has 0 radical (unpaired) electrons. The maximum Gasteiger partial charge on any atom is 0.310 e. The largest absolute Gasteiger partial charge is 0.492 e. The summed E-state index contributed by atoms with van der Waals surface area (Å²) in [5.41, 5.74) is 1.60. The van der Waals surface area contributed by atoms with Crippen molar-refractivity contribution in [2.45, 2.75) is 65.9 Å². The number of rotatable bonds is 12. The predicted molar refractivity (Wildman–Crippen MR) is 147 cm³/mol. The summed E-state index contributed by atoms with van der Waals surface area (Å²) in [7, 11) is 0. The monoisotopic (exact) mass is 517 g/mol. The third kappa shape index (κ3) is 5.52. The number of carbonyl (C=O) groups excluding carboxylic acids is 3. The van der Waals surface area contributed by atoms with Crippen LogP contribution in [0.5, 0.6) is 11.5 Å². The minimum absolute atomic E-state index is 0.115. The highest BCUT2D eigenvalue weighted by Gasteiger charge is 2.43. The molecular weight excluding hydrogens is 482 g/mol. The lowest BCUT2D eigenvalue weighted by Gasteiger charge is -2.18. The summed E-state index contributed by atoms with van der Waals surface area (Å²) in [5.74, 6) is -0.429. The first-order valence-electron chi connectivity index (χ1n) is 13.4. The van der Waals surface area contributed by atoms with Gasteiger partial charge in [0.15, 0.2) is 0 Å². The number of amides is 2. The Hall–Kier alpha value is -3.87. The zero-order chi connectivity index (χ0) is 27.2. The molecule has 1 aliphatic rings. The van der Waals surface area contributed by atoms with Gasteiger partial charge in [-0.25, -0.2) is 4.90 Å². The molecule has 200 valence electrons. The zero-order valence-corrected chi connectivity index (χ0v) is 22.5. The molecule has 0 aromatic heterocycles. The van der Waals surface area contributed by atoms with E-state index in [4.69, 9.17) is 14.2 Å². The number of unbranched alkanes of at least 4 members (excludes halogenated alkanes) is 3. The standard InChI is InChI=1S/C31H35NO6/c1-5-7-8-11-18-37-28-23-12-9-10-13-24(23)29(38-20(3)4)27-26(28)30(34)32(31(27)35)22-16-14-21(15-17-22)19-25(33)36-6-2/h9-10,12-17,20H,5-8,11,18-19H2,1-4H3. The number of hydrogen-bond donors (Lipinski definition) is 0. The lowest BCUT2D eigenvalue weighted by molar-refractivity contribution is -0.142. The highest BCUT2D eigenvalue weighted by Crippen LogP contribution is 2.46. The van der Waals surface area contributed by atoms with Crippen molar-refractivity contribution in [1.29, 1.82) is 0 Å². The summed E-state index contributed by atoms with van der Waals surface area (Å²) in [6, 6.07) is 14.4. The molecule has 0 unspecified atom stereocenters. The van der Waals surface area contributed by atoms with Crippen molar-refractivity contribution in [1.82, 2.24) is 0 Å². The van der Waals surface area contributed by atoms with E-state index >= 15 is 0 Å². The van der Waals surface area contributed by atoms with Crippen LogP contribution in [0.3, 0.4) is 0 Å². The molecule has 3 aromatic rings. The molecule has 4 rings (SSSR count). The van der Waals surface area contributed by atoms with Crippen molar-refractivity contribution in [3.63, 3.8) is 0 Å². The van der Waals surface area contributed by atoms with Gasteiger partial charge in [0, 0.05) is 10.8 Å². The van der Waals surface area contributed by atoms with Crippen molar-refractivity contribution < 1.29 is 28.6 Å². The van der Waals surface area contributed by atoms with Crippen molar-refractivity contribution in [2.75, 3.05) is 18.1 Å². The Balaban J connectivity index is 1.77. The Labute approximate surface area is 223 Å². The van der Waals surface area contributed by atoms with E-state index in [0.29, 0.717) is 30.4 Å². The van der Waals surface area contributed by atoms with E-state index < -0.39 is 11.8 Å². The second-order valence-corrected chi connectivity index (χ2v) is 9.62. The molecule has 0 N–H and O–H groups in total. The minimum Gasteiger partial charge on any atom is -0.492 e. The van der Waals surface area contributed by atoms with E-state index in [0.717, 1.165) is 46.9 Å². The molecular formula is C31H35NO6. The molecule has 1 aliphatic heterocycles. The molecule has 2 amide bonds. The average Bonchev–Trinajstić information content (AvgIpc) is 3.15. The quantitative estimate of drug-likeness (QED) is 0.155. The first-order valence-corrected chi connectivity index (χ1v) is 13.4. The van der Waals surface area contributed by atoms with E-state index in [1.165, 1.54) is 0 Å². The van der Waals surface area contributed by atoms with E-state index in [1.54, 1.807) is 31.2 Å². The summed E-state index contributed by atoms with van der Waals surface area (Å²) in [4.78, 5) is 40.8. The fourth-order valence-corrected chi connectivity index (χ4v) is 4.69. The first kappa shape index (κ1) is 27.2. The summed E-state index contributed by atoms with van der Waals surface area (Å²) >= 11 is 0. The second-order valence-electron chi connectivity index (χ2n) is 9.62. The van der Waals surface area contributed by atoms with Gasteiger partial charge in [0.05, 0.1) is 42.6 Å². The molecule has 0 fully saturated rings. The summed E-state index contributed by atoms with van der Waals surface area (Å²) in [6.07, 6.45) is 4.02. The molecule has 7 nitrogen and oxygen atoms in total. The molecule has 0 saturated carbocycles. The van der Waals surface area contributed by atoms with Gasteiger partial charge >= 0.3 is 5.97 Å². The molecule has 7 heteroatoms. The molecule has 0 aliphatic carbocycles. The Bertz CT molecular complexity index is 1330. The number of esters is 1. The highest BCUT2D eigenvalue weighted by atomic mass is 16.5. The number of hydrogen-bond acceptors (Lipinski definition) is 6. The maximum atomic E-state index is 13.9. The Morgan fingerprint density at radius 3 is 2.08 bits per heavy atom. The number of benzene rings is 3. The van der Waals surface area contributed by atoms with E-state index in [-0.39, 0.29) is 29.6 Å². The van der Waals surface area contributed by atoms with E-state index in [1.807, 2.05) is 38.1 Å². The number of fused-ring (bicyclic) bond motifs is 2. The zero-order valence-electron chi connectivity index (χ0n) is 22.5. The molecule has 3 aromatic carbocycles. The molecule has 0 atom stereocenters. The van der Waals surface area contributed by atoms with Gasteiger partial charge in [0.1, 0.15) is 11.5 Å². The lowest BCUT2D eigenvalue weighted by atomic mass is 9.98. The van der Waals surface area contributed by atoms with Crippen molar-refractivity contribution in [3.8, 4) is 11.5 Å². The predicted octanol–water partition coefficient (Wildman–Crippen LogP) is 6.49. The third-order valence-corrected chi connectivity index (χ3v) is 6.40. The van der Waals surface area contributed by atoms with Crippen LogP contribution in [0.2, 0.25) is 0 Å². The number of carbonyl (C=O) groups is 3. The van der Waals surface area contributed by atoms with Crippen molar-refractivity contribution >= 4 is 34.2 Å². The minimum atomic E-state index is -0.458. The fraction of sp³-hybridized carbons (Fsp3) is 0.387. The lowest BCUT2D eigenvalue weighted by Crippen LogP contribution is -2.29. The van der Waals surface area contributed by atoms with Crippen LogP contribution in [0, 0.1) is 0 Å². The number of ether oxygens (including phenoxy) is 3. The average molecular weight is 518 g/mol. The van der Waals surface area contributed by atoms with Crippen molar-refractivity contribution in [2.24, 2.45) is 0 Å². The van der Waals surface area contributed by atoms with Crippen molar-refractivity contribution in [3.05, 3.63) is 65.2 Å². The Morgan fingerprint density at radius 2 is 1.47 bits per heavy atom. The molecule has 0 spiro atoms. The summed E-state index contributed by atoms with van der Waals surface area (Å²) in [5, 5.41) is 1.47. The topological polar surface area (TPSA) is 82.1 Å². The highest BCUT2D eigenvalue weighted by molar-refractivity contribution is 6.38. The normalized spacial score (nSPS) is 12.8. The van der Waals surface area contributed by atoms with Crippen LogP contribution in [0.4, 0.5) is 5.69 Å². The van der Waals surface area contributed by atoms with Gasteiger partial charge in [-0.05, 0) is 44.9 Å². The number of anilines is 1. The van der Waals surface area contributed by atoms with E-state index in [2.05, 4.69) is 6.92 Å². The summed E-state index contributed by atoms with van der Waals surface area (Å²) < 4.78 is 17.4. The van der Waals surface area contributed by atoms with Gasteiger partial charge in [-0.3, -0.25) is 14.4 Å². The first-order chi connectivity index (χ1) is 18.4. The van der Waals surface area contributed by atoms with Crippen LogP contribution in [-0.4, -0.2) is 37.1 Å². The van der Waals surface area contributed by atoms with Gasteiger partial charge in [0.2, 0.25) is 0 Å². The maximum absolute atomic E-state index is 13.9. The fourth-order valence-electron chi connectivity index (χ4n) is 4.69. The Morgan fingerprint density at radius 1 is 0.842 bits per heavy atom. The van der Waals surface area contributed by atoms with Gasteiger partial charge in [-0.15, -0.1) is 0 Å². The molecule has 1 heterocycles. The van der Waals surface area contributed by atoms with Crippen LogP contribution in [0.15, 0.2) is 48.5 Å². The van der Waals surface area contributed by atoms with Crippen LogP contribution in [0.1, 0.15) is 79.7 Å². The summed E-state index contributed by atoms with van der Waals surface area (Å²) in [6.45, 7) is 8.44. The molecule has 0 bridgehead atoms. The van der Waals surface area contributed by atoms with Gasteiger partial charge in [0.25, 0.3) is 11.8 Å². The molecule has 38 heavy (non-hydrogen) atoms. The van der Waals surface area contributed by atoms with Crippen LogP contribution >= 0.6 is 0 Å². The SMILES string of the molecule is CCCCCCOc1c2c(c(OC(C)C)c3ccccc13)C(=O)N(c1ccc(CC(=O)OCC)cc1)C2=O. The van der Waals surface area contributed by atoms with Crippen LogP contribution in [-0.2, 0) is 16.0 Å². The van der Waals surface area contributed by atoms with Gasteiger partial charge in [-0.2, -0.15) is 0 Å². The Kier molecular flexibility index (Phi) is 8.66. The van der Waals surface area contributed by atoms with Crippen LogP contribution < -0.4 is 14.4 Å². The second kappa shape index (κ2) is 12.1. The van der Waals surface area contributed by atoms with E-state index in [9.17, 15) is 14.4 Å². The number of imide groups is 1. The molecule has 0 saturated heterocycles. The van der Waals surface area contributed by atoms with Gasteiger partial charge in [-0.1, -0.05) is 62.6 Å². The smallest absolute Gasteiger partial charge is 0.310 e. The van der Waals surface area contributed by atoms with Gasteiger partial charge < -0.3 is 14.2 Å².